The molecule has 0 amide bonds. The number of nitrogens with two attached hydrogens (primary N) is 2. The van der Waals surface area contributed by atoms with Crippen LogP contribution in [0, 0.1) is 16.3 Å². The molecule has 0 radical (unpaired) electrons. The first-order chi connectivity index (χ1) is 13.0. The molecule has 2 aromatic rings. The molecule has 27 heavy (non-hydrogen) atoms. The van der Waals surface area contributed by atoms with Crippen molar-refractivity contribution in [3.63, 3.8) is 0 Å². The summed E-state index contributed by atoms with van der Waals surface area (Å²) in [5.74, 6) is -0.396. The molecule has 0 aliphatic carbocycles. The van der Waals surface area contributed by atoms with Gasteiger partial charge in [-0.15, -0.1) is 0 Å². The van der Waals surface area contributed by atoms with Crippen LogP contribution in [0.4, 0.5) is 4.39 Å². The Morgan fingerprint density at radius 1 is 1.33 bits per heavy atom. The number of ether oxygens (including phenoxy) is 1. The van der Waals surface area contributed by atoms with Crippen LogP contribution in [0.15, 0.2) is 41.5 Å². The maximum atomic E-state index is 14.7. The Hall–Kier alpha value is -2.13. The van der Waals surface area contributed by atoms with Crippen molar-refractivity contribution in [2.45, 2.75) is 13.3 Å². The van der Waals surface area contributed by atoms with Crippen LogP contribution in [0.25, 0.3) is 5.57 Å². The van der Waals surface area contributed by atoms with Gasteiger partial charge in [-0.3, -0.25) is 8.06 Å². The molecule has 0 aliphatic rings. The van der Waals surface area contributed by atoms with Crippen molar-refractivity contribution < 1.29 is 12.2 Å². The molecule has 0 aromatic heterocycles. The molecular weight excluding hydrogens is 460 g/mol. The number of halogens is 2. The largest absolute Gasteiger partial charge is 0.488 e. The quantitative estimate of drug-likeness (QED) is 0.444. The average Bonchev–Trinajstić information content (AvgIpc) is 2.69. The lowest BCUT2D eigenvalue weighted by Crippen LogP contribution is -2.13. The highest BCUT2D eigenvalue weighted by atomic mass is 127. The number of benzene rings is 2. The lowest BCUT2D eigenvalue weighted by Gasteiger charge is -2.14. The number of hydrogen-bond acceptors (Lipinski definition) is 5. The molecule has 5 nitrogen and oxygen atoms in total. The smallest absolute Gasteiger partial charge is 0.186 e. The zero-order valence-corrected chi connectivity index (χ0v) is 17.5. The normalized spacial score (nSPS) is 11.9. The van der Waals surface area contributed by atoms with E-state index in [4.69, 9.17) is 16.2 Å². The Balaban J connectivity index is 2.32. The van der Waals surface area contributed by atoms with Crippen molar-refractivity contribution in [3.05, 3.63) is 68.2 Å². The lowest BCUT2D eigenvalue weighted by atomic mass is 9.98. The van der Waals surface area contributed by atoms with Crippen LogP contribution in [0.2, 0.25) is 0 Å². The number of nitrogens with zero attached hydrogens (tertiary/aromatic N) is 1. The third-order valence-electron chi connectivity index (χ3n) is 4.11. The number of hydrogen-bond donors (Lipinski definition) is 2. The van der Waals surface area contributed by atoms with Crippen LogP contribution >= 0.6 is 21.2 Å². The van der Waals surface area contributed by atoms with Gasteiger partial charge in [-0.1, -0.05) is 24.3 Å². The van der Waals surface area contributed by atoms with Crippen LogP contribution in [0.3, 0.4) is 0 Å². The first-order valence-electron chi connectivity index (χ1n) is 8.41. The van der Waals surface area contributed by atoms with Crippen LogP contribution < -0.4 is 16.2 Å². The summed E-state index contributed by atoms with van der Waals surface area (Å²) in [5.41, 5.74) is 15.1. The zero-order valence-electron chi connectivity index (χ0n) is 15.3. The van der Waals surface area contributed by atoms with Gasteiger partial charge in [0.25, 0.3) is 0 Å². The van der Waals surface area contributed by atoms with Gasteiger partial charge in [0.05, 0.1) is 3.57 Å². The fraction of sp³-hybridized carbons (Fsp3) is 0.250. The van der Waals surface area contributed by atoms with Gasteiger partial charge in [0.2, 0.25) is 0 Å². The summed E-state index contributed by atoms with van der Waals surface area (Å²) in [5, 5.41) is 0. The molecule has 0 spiro atoms. The predicted molar refractivity (Wildman–Crippen MR) is 115 cm³/mol. The summed E-state index contributed by atoms with van der Waals surface area (Å²) in [6, 6.07) is 9.59. The van der Waals surface area contributed by atoms with Gasteiger partial charge in [0.15, 0.2) is 32.8 Å². The highest BCUT2D eigenvalue weighted by molar-refractivity contribution is 14.1. The molecule has 0 fully saturated rings. The van der Waals surface area contributed by atoms with Crippen LogP contribution in [0.1, 0.15) is 22.3 Å². The van der Waals surface area contributed by atoms with E-state index in [1.54, 1.807) is 26.3 Å². The first kappa shape index (κ1) is 21.2. The second-order valence-corrected chi connectivity index (χ2v) is 7.49. The molecule has 0 atom stereocenters. The number of aliphatic imine (C=N–C) groups is 1. The maximum Gasteiger partial charge on any atom is 0.186 e. The molecular formula is C20H23FIN3O2. The molecule has 0 heterocycles. The van der Waals surface area contributed by atoms with Gasteiger partial charge in [0, 0.05) is 31.6 Å². The van der Waals surface area contributed by atoms with Gasteiger partial charge in [-0.2, -0.15) is 0 Å². The highest BCUT2D eigenvalue weighted by Crippen LogP contribution is 2.32. The Morgan fingerprint density at radius 3 is 2.59 bits per heavy atom. The minimum absolute atomic E-state index is 0.0661. The summed E-state index contributed by atoms with van der Waals surface area (Å²) in [4.78, 5) is 3.98. The standard InChI is InChI=1S/C20H23FIN3O2/c1-13-16(10-18(22-26)20(19(13)21)27-8-7-23)9-14-3-5-15(6-4-14)17(11-24)12-25-2/h3-6,10-12H,7-9,23-24H2,1-2H3/b17-11+,25-12?. The Kier molecular flexibility index (Phi) is 8.05. The maximum absolute atomic E-state index is 14.7. The fourth-order valence-electron chi connectivity index (χ4n) is 2.66. The Labute approximate surface area is 169 Å². The van der Waals surface area contributed by atoms with Gasteiger partial charge < -0.3 is 16.2 Å². The molecule has 4 N–H and O–H groups in total. The van der Waals surface area contributed by atoms with E-state index >= 15 is 0 Å². The molecule has 0 aliphatic heterocycles. The van der Waals surface area contributed by atoms with E-state index in [-0.39, 0.29) is 18.9 Å². The lowest BCUT2D eigenvalue weighted by molar-refractivity contribution is 0.307. The van der Waals surface area contributed by atoms with E-state index in [1.807, 2.05) is 24.3 Å². The second-order valence-electron chi connectivity index (χ2n) is 5.88. The Bertz CT molecular complexity index is 865. The molecule has 0 saturated carbocycles. The van der Waals surface area contributed by atoms with Gasteiger partial charge >= 0.3 is 0 Å². The van der Waals surface area contributed by atoms with Crippen molar-refractivity contribution in [2.24, 2.45) is 16.5 Å². The monoisotopic (exact) mass is 483 g/mol. The van der Waals surface area contributed by atoms with E-state index < -0.39 is 27.0 Å². The minimum Gasteiger partial charge on any atom is -0.488 e. The van der Waals surface area contributed by atoms with Gasteiger partial charge in [-0.25, -0.2) is 4.39 Å². The van der Waals surface area contributed by atoms with Gasteiger partial charge in [0.1, 0.15) is 6.61 Å². The van der Waals surface area contributed by atoms with Crippen LogP contribution in [0.5, 0.6) is 5.75 Å². The molecule has 2 aromatic carbocycles. The van der Waals surface area contributed by atoms with Crippen molar-refractivity contribution in [1.29, 1.82) is 0 Å². The van der Waals surface area contributed by atoms with Crippen molar-refractivity contribution in [2.75, 3.05) is 20.2 Å². The van der Waals surface area contributed by atoms with E-state index in [0.29, 0.717) is 15.6 Å². The molecule has 0 bridgehead atoms. The summed E-state index contributed by atoms with van der Waals surface area (Å²) < 4.78 is 32.1. The molecule has 144 valence electrons. The van der Waals surface area contributed by atoms with Crippen molar-refractivity contribution in [3.8, 4) is 5.75 Å². The fourth-order valence-corrected chi connectivity index (χ4v) is 3.76. The minimum atomic E-state index is -1.57. The predicted octanol–water partition coefficient (Wildman–Crippen LogP) is 3.55. The topological polar surface area (TPSA) is 90.7 Å². The second kappa shape index (κ2) is 10.3. The summed E-state index contributed by atoms with van der Waals surface area (Å²) >= 11 is -1.57. The Morgan fingerprint density at radius 2 is 2.04 bits per heavy atom. The van der Waals surface area contributed by atoms with Crippen LogP contribution in [-0.2, 0) is 9.49 Å². The average molecular weight is 483 g/mol. The summed E-state index contributed by atoms with van der Waals surface area (Å²) in [6.07, 6.45) is 3.73. The molecule has 2 rings (SSSR count). The van der Waals surface area contributed by atoms with Crippen molar-refractivity contribution in [1.82, 2.24) is 0 Å². The number of allylic oxidation sites excluding steroid dienone is 1. The summed E-state index contributed by atoms with van der Waals surface area (Å²) in [7, 11) is 1.69. The van der Waals surface area contributed by atoms with E-state index in [1.165, 1.54) is 6.20 Å². The molecule has 0 unspecified atom stereocenters. The SMILES string of the molecule is CN=C/C(=C\N)c1ccc(Cc2cc(I=O)c(OCCN)c(F)c2C)cc1. The third-order valence-corrected chi connectivity index (χ3v) is 5.38. The van der Waals surface area contributed by atoms with Crippen LogP contribution in [-0.4, -0.2) is 26.4 Å². The highest BCUT2D eigenvalue weighted by Gasteiger charge is 2.17. The third kappa shape index (κ3) is 5.20. The molecule has 7 heteroatoms. The zero-order chi connectivity index (χ0) is 19.8. The van der Waals surface area contributed by atoms with Gasteiger partial charge in [-0.05, 0) is 41.7 Å². The van der Waals surface area contributed by atoms with E-state index in [0.717, 1.165) is 22.3 Å². The summed E-state index contributed by atoms with van der Waals surface area (Å²) in [6.45, 7) is 2.16. The number of rotatable bonds is 8. The van der Waals surface area contributed by atoms with E-state index in [9.17, 15) is 7.46 Å². The molecule has 0 saturated heterocycles. The van der Waals surface area contributed by atoms with E-state index in [2.05, 4.69) is 4.99 Å². The first-order valence-corrected chi connectivity index (χ1v) is 10.4. The van der Waals surface area contributed by atoms with Crippen molar-refractivity contribution >= 4 is 33.0 Å².